The second-order valence-corrected chi connectivity index (χ2v) is 6.17. The van der Waals surface area contributed by atoms with Crippen molar-refractivity contribution in [1.82, 2.24) is 24.6 Å². The summed E-state index contributed by atoms with van der Waals surface area (Å²) < 4.78 is 1.91. The van der Waals surface area contributed by atoms with Crippen LogP contribution in [-0.4, -0.2) is 50.7 Å². The lowest BCUT2D eigenvalue weighted by molar-refractivity contribution is 0.648. The van der Waals surface area contributed by atoms with E-state index in [0.29, 0.717) is 0 Å². The quantitative estimate of drug-likeness (QED) is 0.560. The van der Waals surface area contributed by atoms with Gasteiger partial charge >= 0.3 is 0 Å². The summed E-state index contributed by atoms with van der Waals surface area (Å²) in [4.78, 5) is 13.6. The third kappa shape index (κ3) is 2.36. The number of nitrogens with zero attached hydrogens (tertiary/aromatic N) is 7. The molecule has 0 bridgehead atoms. The number of rotatable bonds is 2. The first-order valence-corrected chi connectivity index (χ1v) is 8.37. The van der Waals surface area contributed by atoms with Gasteiger partial charge in [-0.25, -0.2) is 4.98 Å². The van der Waals surface area contributed by atoms with Crippen molar-refractivity contribution >= 4 is 27.9 Å². The van der Waals surface area contributed by atoms with Gasteiger partial charge in [-0.1, -0.05) is 24.3 Å². The van der Waals surface area contributed by atoms with Crippen molar-refractivity contribution in [3.63, 3.8) is 0 Å². The van der Waals surface area contributed by atoms with Gasteiger partial charge in [-0.15, -0.1) is 10.2 Å². The zero-order valence-corrected chi connectivity index (χ0v) is 13.7. The Labute approximate surface area is 144 Å². The lowest BCUT2D eigenvalue weighted by atomic mass is 10.1. The molecule has 1 saturated heterocycles. The molecule has 4 aromatic rings. The van der Waals surface area contributed by atoms with Gasteiger partial charge in [-0.3, -0.25) is 9.38 Å². The minimum absolute atomic E-state index is 0.808. The Morgan fingerprint density at radius 1 is 0.920 bits per heavy atom. The molecule has 4 heterocycles. The molecule has 7 heteroatoms. The van der Waals surface area contributed by atoms with Gasteiger partial charge in [0.2, 0.25) is 5.65 Å². The fraction of sp³-hybridized carbons (Fsp3) is 0.222. The zero-order chi connectivity index (χ0) is 16.6. The first kappa shape index (κ1) is 14.2. The van der Waals surface area contributed by atoms with E-state index in [0.717, 1.165) is 37.6 Å². The Balaban J connectivity index is 1.42. The van der Waals surface area contributed by atoms with Crippen molar-refractivity contribution in [2.75, 3.05) is 36.0 Å². The highest BCUT2D eigenvalue weighted by atomic mass is 15.3. The molecular formula is C18H17N7. The van der Waals surface area contributed by atoms with Crippen LogP contribution >= 0.6 is 0 Å². The summed E-state index contributed by atoms with van der Waals surface area (Å²) in [6, 6.07) is 8.41. The van der Waals surface area contributed by atoms with Crippen molar-refractivity contribution in [2.24, 2.45) is 0 Å². The van der Waals surface area contributed by atoms with Crippen LogP contribution in [0, 0.1) is 0 Å². The molecule has 3 aromatic heterocycles. The minimum Gasteiger partial charge on any atom is -0.366 e. The summed E-state index contributed by atoms with van der Waals surface area (Å²) in [7, 11) is 0. The van der Waals surface area contributed by atoms with Crippen molar-refractivity contribution in [1.29, 1.82) is 0 Å². The maximum Gasteiger partial charge on any atom is 0.203 e. The molecule has 0 unspecified atom stereocenters. The average Bonchev–Trinajstić information content (AvgIpc) is 3.17. The molecule has 0 spiro atoms. The van der Waals surface area contributed by atoms with E-state index in [2.05, 4.69) is 54.2 Å². The van der Waals surface area contributed by atoms with E-state index < -0.39 is 0 Å². The van der Waals surface area contributed by atoms with Crippen molar-refractivity contribution in [3.05, 3.63) is 55.4 Å². The van der Waals surface area contributed by atoms with Crippen LogP contribution < -0.4 is 9.80 Å². The zero-order valence-electron chi connectivity index (χ0n) is 13.7. The van der Waals surface area contributed by atoms with E-state index in [1.165, 1.54) is 16.5 Å². The molecular weight excluding hydrogens is 314 g/mol. The standard InChI is InChI=1S/C18H17N7/c1-2-4-15-14(3-1)11-19-12-16(15)23-7-9-24(10-8-23)17-18-22-21-13-25(18)6-5-20-17/h1-6,11-13H,7-10H2. The number of piperazine rings is 1. The minimum atomic E-state index is 0.808. The summed E-state index contributed by atoms with van der Waals surface area (Å²) in [6.45, 7) is 3.63. The van der Waals surface area contributed by atoms with E-state index in [1.54, 1.807) is 12.5 Å². The predicted molar refractivity (Wildman–Crippen MR) is 97.0 cm³/mol. The predicted octanol–water partition coefficient (Wildman–Crippen LogP) is 2.00. The highest BCUT2D eigenvalue weighted by Crippen LogP contribution is 2.27. The van der Waals surface area contributed by atoms with E-state index in [-0.39, 0.29) is 0 Å². The third-order valence-electron chi connectivity index (χ3n) is 4.76. The fourth-order valence-electron chi connectivity index (χ4n) is 3.48. The smallest absolute Gasteiger partial charge is 0.203 e. The number of hydrogen-bond acceptors (Lipinski definition) is 6. The second kappa shape index (κ2) is 5.70. The molecule has 1 aliphatic rings. The topological polar surface area (TPSA) is 62.5 Å². The molecule has 0 amide bonds. The van der Waals surface area contributed by atoms with Gasteiger partial charge in [0, 0.05) is 55.5 Å². The van der Waals surface area contributed by atoms with E-state index >= 15 is 0 Å². The SMILES string of the molecule is c1ccc2c(N3CCN(c4nccn5cnnc45)CC3)cncc2c1. The van der Waals surface area contributed by atoms with Crippen LogP contribution in [0.25, 0.3) is 16.4 Å². The first-order valence-electron chi connectivity index (χ1n) is 8.37. The molecule has 0 atom stereocenters. The molecule has 1 aliphatic heterocycles. The molecule has 5 rings (SSSR count). The lowest BCUT2D eigenvalue weighted by Crippen LogP contribution is -2.47. The van der Waals surface area contributed by atoms with Crippen molar-refractivity contribution in [3.8, 4) is 0 Å². The Morgan fingerprint density at radius 3 is 2.68 bits per heavy atom. The van der Waals surface area contributed by atoms with Gasteiger partial charge in [-0.05, 0) is 0 Å². The van der Waals surface area contributed by atoms with Gasteiger partial charge in [0.05, 0.1) is 11.9 Å². The Morgan fingerprint density at radius 2 is 1.76 bits per heavy atom. The van der Waals surface area contributed by atoms with Crippen LogP contribution in [0.3, 0.4) is 0 Å². The van der Waals surface area contributed by atoms with Gasteiger partial charge in [0.15, 0.2) is 5.82 Å². The number of aromatic nitrogens is 5. The number of pyridine rings is 1. The maximum absolute atomic E-state index is 4.52. The molecule has 0 N–H and O–H groups in total. The molecule has 0 saturated carbocycles. The molecule has 124 valence electrons. The number of anilines is 2. The van der Waals surface area contributed by atoms with Crippen LogP contribution in [0.2, 0.25) is 0 Å². The molecule has 0 aliphatic carbocycles. The second-order valence-electron chi connectivity index (χ2n) is 6.17. The van der Waals surface area contributed by atoms with Crippen molar-refractivity contribution in [2.45, 2.75) is 0 Å². The van der Waals surface area contributed by atoms with Crippen LogP contribution in [-0.2, 0) is 0 Å². The number of benzene rings is 1. The van der Waals surface area contributed by atoms with E-state index in [9.17, 15) is 0 Å². The van der Waals surface area contributed by atoms with Crippen LogP contribution in [0.4, 0.5) is 11.5 Å². The Bertz CT molecular complexity index is 1030. The Kier molecular flexibility index (Phi) is 3.22. The summed E-state index contributed by atoms with van der Waals surface area (Å²) in [5.41, 5.74) is 2.01. The van der Waals surface area contributed by atoms with Gasteiger partial charge in [0.1, 0.15) is 6.33 Å². The largest absolute Gasteiger partial charge is 0.366 e. The number of hydrogen-bond donors (Lipinski definition) is 0. The van der Waals surface area contributed by atoms with Gasteiger partial charge in [-0.2, -0.15) is 0 Å². The van der Waals surface area contributed by atoms with E-state index in [4.69, 9.17) is 0 Å². The van der Waals surface area contributed by atoms with Crippen LogP contribution in [0.5, 0.6) is 0 Å². The molecule has 1 fully saturated rings. The molecule has 0 radical (unpaired) electrons. The first-order chi connectivity index (χ1) is 12.4. The summed E-state index contributed by atoms with van der Waals surface area (Å²) in [5.74, 6) is 0.899. The normalized spacial score (nSPS) is 15.2. The maximum atomic E-state index is 4.52. The number of fused-ring (bicyclic) bond motifs is 2. The Hall–Kier alpha value is -3.22. The fourth-order valence-corrected chi connectivity index (χ4v) is 3.48. The van der Waals surface area contributed by atoms with Crippen molar-refractivity contribution < 1.29 is 0 Å². The van der Waals surface area contributed by atoms with Crippen LogP contribution in [0.1, 0.15) is 0 Å². The van der Waals surface area contributed by atoms with Crippen LogP contribution in [0.15, 0.2) is 55.4 Å². The highest BCUT2D eigenvalue weighted by molar-refractivity contribution is 5.93. The molecule has 7 nitrogen and oxygen atoms in total. The monoisotopic (exact) mass is 331 g/mol. The van der Waals surface area contributed by atoms with E-state index in [1.807, 2.05) is 23.0 Å². The third-order valence-corrected chi connectivity index (χ3v) is 4.76. The summed E-state index contributed by atoms with van der Waals surface area (Å²) in [6.07, 6.45) is 9.27. The average molecular weight is 331 g/mol. The molecule has 1 aromatic carbocycles. The molecule has 25 heavy (non-hydrogen) atoms. The van der Waals surface area contributed by atoms with Gasteiger partial charge in [0.25, 0.3) is 0 Å². The van der Waals surface area contributed by atoms with Gasteiger partial charge < -0.3 is 9.80 Å². The lowest BCUT2D eigenvalue weighted by Gasteiger charge is -2.36. The summed E-state index contributed by atoms with van der Waals surface area (Å²) in [5, 5.41) is 10.6. The highest BCUT2D eigenvalue weighted by Gasteiger charge is 2.22. The summed E-state index contributed by atoms with van der Waals surface area (Å²) >= 11 is 0.